The van der Waals surface area contributed by atoms with Crippen LogP contribution >= 0.6 is 0 Å². The number of hydrogen-bond donors (Lipinski definition) is 0. The van der Waals surface area contributed by atoms with E-state index in [9.17, 15) is 4.79 Å². The van der Waals surface area contributed by atoms with E-state index in [0.717, 1.165) is 5.52 Å². The van der Waals surface area contributed by atoms with E-state index in [-0.39, 0.29) is 5.97 Å². The molecular formula is C13H14N2O2. The molecule has 0 N–H and O–H groups in total. The first-order valence-corrected chi connectivity index (χ1v) is 5.40. The molecule has 0 aliphatic heterocycles. The summed E-state index contributed by atoms with van der Waals surface area (Å²) in [4.78, 5) is 20.1. The summed E-state index contributed by atoms with van der Waals surface area (Å²) in [6.07, 6.45) is 3.22. The molecule has 0 unspecified atom stereocenters. The molecule has 1 heterocycles. The minimum Gasteiger partial charge on any atom is -0.456 e. The van der Waals surface area contributed by atoms with E-state index in [1.165, 1.54) is 0 Å². The van der Waals surface area contributed by atoms with Gasteiger partial charge in [0.15, 0.2) is 0 Å². The van der Waals surface area contributed by atoms with Crippen molar-refractivity contribution in [3.05, 3.63) is 36.2 Å². The highest BCUT2D eigenvalue weighted by atomic mass is 16.6. The summed E-state index contributed by atoms with van der Waals surface area (Å²) in [5, 5.41) is 0. The van der Waals surface area contributed by atoms with Gasteiger partial charge in [-0.05, 0) is 39.0 Å². The van der Waals surface area contributed by atoms with Crippen molar-refractivity contribution in [2.45, 2.75) is 26.4 Å². The molecule has 2 aromatic rings. The number of fused-ring (bicyclic) bond motifs is 1. The summed E-state index contributed by atoms with van der Waals surface area (Å²) in [5.74, 6) is -0.343. The lowest BCUT2D eigenvalue weighted by atomic mass is 10.1. The van der Waals surface area contributed by atoms with Gasteiger partial charge in [-0.15, -0.1) is 0 Å². The summed E-state index contributed by atoms with van der Waals surface area (Å²) in [7, 11) is 0. The van der Waals surface area contributed by atoms with Crippen LogP contribution in [0.25, 0.3) is 11.0 Å². The minimum absolute atomic E-state index is 0.343. The first kappa shape index (κ1) is 11.5. The van der Waals surface area contributed by atoms with Crippen molar-refractivity contribution in [3.8, 4) is 0 Å². The second-order valence-corrected chi connectivity index (χ2v) is 4.76. The molecule has 0 amide bonds. The van der Waals surface area contributed by atoms with Crippen LogP contribution in [0.15, 0.2) is 30.6 Å². The van der Waals surface area contributed by atoms with Crippen LogP contribution in [-0.4, -0.2) is 21.5 Å². The van der Waals surface area contributed by atoms with Crippen LogP contribution < -0.4 is 0 Å². The van der Waals surface area contributed by atoms with Crippen molar-refractivity contribution in [2.75, 3.05) is 0 Å². The van der Waals surface area contributed by atoms with Crippen LogP contribution in [0.4, 0.5) is 0 Å². The number of rotatable bonds is 1. The van der Waals surface area contributed by atoms with Crippen molar-refractivity contribution >= 4 is 17.0 Å². The average molecular weight is 230 g/mol. The van der Waals surface area contributed by atoms with Crippen molar-refractivity contribution in [1.82, 2.24) is 9.97 Å². The van der Waals surface area contributed by atoms with E-state index in [1.807, 2.05) is 20.8 Å². The highest BCUT2D eigenvalue weighted by Gasteiger charge is 2.18. The Morgan fingerprint density at radius 3 is 2.41 bits per heavy atom. The van der Waals surface area contributed by atoms with Gasteiger partial charge in [-0.1, -0.05) is 0 Å². The smallest absolute Gasteiger partial charge is 0.338 e. The maximum absolute atomic E-state index is 11.8. The Hall–Kier alpha value is -1.97. The quantitative estimate of drug-likeness (QED) is 0.706. The number of nitrogens with zero attached hydrogens (tertiary/aromatic N) is 2. The van der Waals surface area contributed by atoms with E-state index in [0.29, 0.717) is 11.1 Å². The van der Waals surface area contributed by atoms with E-state index in [2.05, 4.69) is 9.97 Å². The van der Waals surface area contributed by atoms with Gasteiger partial charge < -0.3 is 4.74 Å². The van der Waals surface area contributed by atoms with Gasteiger partial charge in [0, 0.05) is 12.4 Å². The Labute approximate surface area is 99.7 Å². The fraction of sp³-hybridized carbons (Fsp3) is 0.308. The van der Waals surface area contributed by atoms with Crippen molar-refractivity contribution in [2.24, 2.45) is 0 Å². The predicted octanol–water partition coefficient (Wildman–Crippen LogP) is 2.59. The molecule has 0 saturated heterocycles. The minimum atomic E-state index is -0.492. The van der Waals surface area contributed by atoms with Gasteiger partial charge in [-0.25, -0.2) is 4.79 Å². The summed E-state index contributed by atoms with van der Waals surface area (Å²) >= 11 is 0. The average Bonchev–Trinajstić information content (AvgIpc) is 2.26. The third-order valence-electron chi connectivity index (χ3n) is 2.10. The number of aromatic nitrogens is 2. The highest BCUT2D eigenvalue weighted by molar-refractivity contribution is 5.93. The summed E-state index contributed by atoms with van der Waals surface area (Å²) in [6.45, 7) is 5.52. The molecule has 17 heavy (non-hydrogen) atoms. The summed E-state index contributed by atoms with van der Waals surface area (Å²) in [5.41, 5.74) is 1.46. The number of ether oxygens (including phenoxy) is 1. The first-order valence-electron chi connectivity index (χ1n) is 5.40. The fourth-order valence-corrected chi connectivity index (χ4v) is 1.43. The van der Waals surface area contributed by atoms with Gasteiger partial charge in [-0.2, -0.15) is 0 Å². The molecule has 0 atom stereocenters. The standard InChI is InChI=1S/C13H14N2O2/c1-13(2,3)17-12(16)9-4-5-10-11(8-9)15-7-6-14-10/h4-8H,1-3H3. The zero-order valence-electron chi connectivity index (χ0n) is 10.1. The number of hydrogen-bond acceptors (Lipinski definition) is 4. The molecule has 0 aliphatic rings. The zero-order valence-corrected chi connectivity index (χ0v) is 10.1. The van der Waals surface area contributed by atoms with Gasteiger partial charge in [0.2, 0.25) is 0 Å². The molecule has 0 spiro atoms. The first-order chi connectivity index (χ1) is 7.96. The maximum Gasteiger partial charge on any atom is 0.338 e. The summed E-state index contributed by atoms with van der Waals surface area (Å²) < 4.78 is 5.29. The lowest BCUT2D eigenvalue weighted by molar-refractivity contribution is 0.00697. The van der Waals surface area contributed by atoms with Crippen LogP contribution in [0.3, 0.4) is 0 Å². The Morgan fingerprint density at radius 1 is 1.12 bits per heavy atom. The molecule has 2 rings (SSSR count). The van der Waals surface area contributed by atoms with Gasteiger partial charge in [-0.3, -0.25) is 9.97 Å². The van der Waals surface area contributed by atoms with Gasteiger partial charge in [0.1, 0.15) is 5.60 Å². The zero-order chi connectivity index (χ0) is 12.5. The molecule has 4 heteroatoms. The van der Waals surface area contributed by atoms with Gasteiger partial charge in [0.05, 0.1) is 16.6 Å². The topological polar surface area (TPSA) is 52.1 Å². The Morgan fingerprint density at radius 2 is 1.76 bits per heavy atom. The molecule has 1 aromatic heterocycles. The van der Waals surface area contributed by atoms with Crippen molar-refractivity contribution in [1.29, 1.82) is 0 Å². The number of benzene rings is 1. The third-order valence-corrected chi connectivity index (χ3v) is 2.10. The molecule has 1 aromatic carbocycles. The van der Waals surface area contributed by atoms with Crippen LogP contribution in [-0.2, 0) is 4.74 Å². The molecule has 0 radical (unpaired) electrons. The van der Waals surface area contributed by atoms with Crippen molar-refractivity contribution in [3.63, 3.8) is 0 Å². The Balaban J connectivity index is 2.33. The highest BCUT2D eigenvalue weighted by Crippen LogP contribution is 2.15. The van der Waals surface area contributed by atoms with Crippen molar-refractivity contribution < 1.29 is 9.53 Å². The van der Waals surface area contributed by atoms with Gasteiger partial charge in [0.25, 0.3) is 0 Å². The molecule has 0 bridgehead atoms. The molecule has 0 aliphatic carbocycles. The van der Waals surface area contributed by atoms with E-state index in [4.69, 9.17) is 4.74 Å². The van der Waals surface area contributed by atoms with Crippen LogP contribution in [0, 0.1) is 0 Å². The Bertz CT molecular complexity index is 559. The third kappa shape index (κ3) is 2.78. The van der Waals surface area contributed by atoms with Crippen LogP contribution in [0.2, 0.25) is 0 Å². The van der Waals surface area contributed by atoms with Gasteiger partial charge >= 0.3 is 5.97 Å². The number of carbonyl (C=O) groups excluding carboxylic acids is 1. The second kappa shape index (κ2) is 4.13. The number of esters is 1. The Kier molecular flexibility index (Phi) is 2.79. The van der Waals surface area contributed by atoms with Crippen LogP contribution in [0.1, 0.15) is 31.1 Å². The second-order valence-electron chi connectivity index (χ2n) is 4.76. The maximum atomic E-state index is 11.8. The van der Waals surface area contributed by atoms with Crippen LogP contribution in [0.5, 0.6) is 0 Å². The number of carbonyl (C=O) groups is 1. The normalized spacial score (nSPS) is 11.5. The SMILES string of the molecule is CC(C)(C)OC(=O)c1ccc2nccnc2c1. The van der Waals surface area contributed by atoms with E-state index < -0.39 is 5.60 Å². The monoisotopic (exact) mass is 230 g/mol. The molecule has 4 nitrogen and oxygen atoms in total. The largest absolute Gasteiger partial charge is 0.456 e. The predicted molar refractivity (Wildman–Crippen MR) is 64.7 cm³/mol. The molecule has 88 valence electrons. The fourth-order valence-electron chi connectivity index (χ4n) is 1.43. The summed E-state index contributed by atoms with van der Waals surface area (Å²) in [6, 6.07) is 5.16. The van der Waals surface area contributed by atoms with E-state index in [1.54, 1.807) is 30.6 Å². The lowest BCUT2D eigenvalue weighted by Crippen LogP contribution is -2.23. The molecular weight excluding hydrogens is 216 g/mol. The lowest BCUT2D eigenvalue weighted by Gasteiger charge is -2.19. The van der Waals surface area contributed by atoms with E-state index >= 15 is 0 Å². The molecule has 0 saturated carbocycles. The molecule has 0 fully saturated rings.